The third kappa shape index (κ3) is 3.23. The van der Waals surface area contributed by atoms with E-state index in [0.717, 1.165) is 5.75 Å². The number of benzene rings is 2. The van der Waals surface area contributed by atoms with Crippen molar-refractivity contribution in [1.29, 1.82) is 0 Å². The molecule has 0 saturated heterocycles. The Morgan fingerprint density at radius 2 is 1.96 bits per heavy atom. The van der Waals surface area contributed by atoms with Gasteiger partial charge in [-0.05, 0) is 43.3 Å². The summed E-state index contributed by atoms with van der Waals surface area (Å²) in [7, 11) is 0. The van der Waals surface area contributed by atoms with E-state index < -0.39 is 5.63 Å². The Labute approximate surface area is 132 Å². The minimum Gasteiger partial charge on any atom is -0.507 e. The predicted molar refractivity (Wildman–Crippen MR) is 88.4 cm³/mol. The molecule has 0 bridgehead atoms. The van der Waals surface area contributed by atoms with E-state index in [2.05, 4.69) is 4.98 Å². The van der Waals surface area contributed by atoms with E-state index >= 15 is 0 Å². The SMILES string of the molecule is CCOc1ccc(/C(O)=C/c2nc3ccccc3c(=O)o2)cc1. The fourth-order valence-electron chi connectivity index (χ4n) is 2.19. The summed E-state index contributed by atoms with van der Waals surface area (Å²) in [6.45, 7) is 2.48. The highest BCUT2D eigenvalue weighted by Gasteiger charge is 2.06. The molecule has 0 aliphatic carbocycles. The van der Waals surface area contributed by atoms with Gasteiger partial charge in [0.05, 0.1) is 17.5 Å². The molecule has 1 aromatic heterocycles. The maximum Gasteiger partial charge on any atom is 0.347 e. The lowest BCUT2D eigenvalue weighted by Crippen LogP contribution is -2.02. The van der Waals surface area contributed by atoms with E-state index in [-0.39, 0.29) is 11.6 Å². The van der Waals surface area contributed by atoms with Crippen molar-refractivity contribution in [1.82, 2.24) is 4.98 Å². The Hall–Kier alpha value is -3.08. The van der Waals surface area contributed by atoms with Gasteiger partial charge in [0.15, 0.2) is 0 Å². The average Bonchev–Trinajstić information content (AvgIpc) is 2.56. The molecule has 1 N–H and O–H groups in total. The van der Waals surface area contributed by atoms with E-state index in [1.54, 1.807) is 48.5 Å². The number of hydrogen-bond donors (Lipinski definition) is 1. The van der Waals surface area contributed by atoms with Crippen LogP contribution < -0.4 is 10.4 Å². The smallest absolute Gasteiger partial charge is 0.347 e. The summed E-state index contributed by atoms with van der Waals surface area (Å²) in [6.07, 6.45) is 1.32. The lowest BCUT2D eigenvalue weighted by molar-refractivity contribution is 0.340. The fourth-order valence-corrected chi connectivity index (χ4v) is 2.19. The van der Waals surface area contributed by atoms with Crippen molar-refractivity contribution in [3.8, 4) is 5.75 Å². The quantitative estimate of drug-likeness (QED) is 0.745. The molecule has 0 fully saturated rings. The van der Waals surface area contributed by atoms with Crippen molar-refractivity contribution < 1.29 is 14.3 Å². The first-order chi connectivity index (χ1) is 11.2. The molecule has 0 aliphatic heterocycles. The highest BCUT2D eigenvalue weighted by molar-refractivity contribution is 5.79. The Balaban J connectivity index is 1.95. The normalized spacial score (nSPS) is 11.6. The Morgan fingerprint density at radius 1 is 1.22 bits per heavy atom. The maximum absolute atomic E-state index is 11.9. The van der Waals surface area contributed by atoms with Crippen molar-refractivity contribution >= 4 is 22.7 Å². The number of rotatable bonds is 4. The molecule has 0 unspecified atom stereocenters. The van der Waals surface area contributed by atoms with Gasteiger partial charge in [0.2, 0.25) is 5.89 Å². The van der Waals surface area contributed by atoms with Gasteiger partial charge in [-0.25, -0.2) is 9.78 Å². The van der Waals surface area contributed by atoms with Crippen LogP contribution in [0.5, 0.6) is 5.75 Å². The summed E-state index contributed by atoms with van der Waals surface area (Å²) in [5.74, 6) is 0.735. The molecule has 0 radical (unpaired) electrons. The van der Waals surface area contributed by atoms with Gasteiger partial charge in [-0.1, -0.05) is 12.1 Å². The van der Waals surface area contributed by atoms with Gasteiger partial charge in [-0.3, -0.25) is 0 Å². The fraction of sp³-hybridized carbons (Fsp3) is 0.111. The van der Waals surface area contributed by atoms with Crippen molar-refractivity contribution in [2.75, 3.05) is 6.61 Å². The summed E-state index contributed by atoms with van der Waals surface area (Å²) in [4.78, 5) is 16.1. The van der Waals surface area contributed by atoms with Gasteiger partial charge in [-0.15, -0.1) is 0 Å². The maximum atomic E-state index is 11.9. The van der Waals surface area contributed by atoms with Crippen LogP contribution >= 0.6 is 0 Å². The largest absolute Gasteiger partial charge is 0.507 e. The molecule has 0 atom stereocenters. The molecular formula is C18H15NO4. The van der Waals surface area contributed by atoms with Crippen LogP contribution in [-0.2, 0) is 0 Å². The first-order valence-electron chi connectivity index (χ1n) is 7.21. The van der Waals surface area contributed by atoms with Crippen LogP contribution in [-0.4, -0.2) is 16.7 Å². The molecule has 23 heavy (non-hydrogen) atoms. The van der Waals surface area contributed by atoms with E-state index in [0.29, 0.717) is 23.1 Å². The predicted octanol–water partition coefficient (Wildman–Crippen LogP) is 3.64. The van der Waals surface area contributed by atoms with Crippen molar-refractivity contribution in [2.45, 2.75) is 6.92 Å². The monoisotopic (exact) mass is 309 g/mol. The molecular weight excluding hydrogens is 294 g/mol. The number of fused-ring (bicyclic) bond motifs is 1. The van der Waals surface area contributed by atoms with Gasteiger partial charge in [0.1, 0.15) is 11.5 Å². The molecule has 116 valence electrons. The number of aromatic nitrogens is 1. The van der Waals surface area contributed by atoms with Gasteiger partial charge < -0.3 is 14.3 Å². The van der Waals surface area contributed by atoms with E-state index in [9.17, 15) is 9.90 Å². The second kappa shape index (κ2) is 6.36. The molecule has 3 rings (SSSR count). The van der Waals surface area contributed by atoms with Crippen molar-refractivity contribution in [2.24, 2.45) is 0 Å². The lowest BCUT2D eigenvalue weighted by Gasteiger charge is -2.04. The molecule has 5 nitrogen and oxygen atoms in total. The average molecular weight is 309 g/mol. The Bertz CT molecular complexity index is 910. The van der Waals surface area contributed by atoms with Crippen molar-refractivity contribution in [3.05, 3.63) is 70.4 Å². The van der Waals surface area contributed by atoms with Crippen LogP contribution in [0.2, 0.25) is 0 Å². The van der Waals surface area contributed by atoms with Crippen molar-refractivity contribution in [3.63, 3.8) is 0 Å². The number of hydrogen-bond acceptors (Lipinski definition) is 5. The molecule has 5 heteroatoms. The molecule has 0 amide bonds. The van der Waals surface area contributed by atoms with Crippen LogP contribution in [0.1, 0.15) is 18.4 Å². The molecule has 0 aliphatic rings. The zero-order chi connectivity index (χ0) is 16.2. The number of aliphatic hydroxyl groups is 1. The zero-order valence-corrected chi connectivity index (χ0v) is 12.5. The molecule has 1 heterocycles. The minimum atomic E-state index is -0.485. The number of para-hydroxylation sites is 1. The van der Waals surface area contributed by atoms with Crippen LogP contribution in [0, 0.1) is 0 Å². The second-order valence-electron chi connectivity index (χ2n) is 4.84. The third-order valence-electron chi connectivity index (χ3n) is 3.27. The van der Waals surface area contributed by atoms with Gasteiger partial charge >= 0.3 is 5.63 Å². The van der Waals surface area contributed by atoms with E-state index in [1.807, 2.05) is 6.92 Å². The third-order valence-corrected chi connectivity index (χ3v) is 3.27. The van der Waals surface area contributed by atoms with Gasteiger partial charge in [0.25, 0.3) is 0 Å². The van der Waals surface area contributed by atoms with E-state index in [1.165, 1.54) is 6.08 Å². The first kappa shape index (κ1) is 14.8. The summed E-state index contributed by atoms with van der Waals surface area (Å²) < 4.78 is 10.5. The van der Waals surface area contributed by atoms with E-state index in [4.69, 9.17) is 9.15 Å². The summed E-state index contributed by atoms with van der Waals surface area (Å²) in [5, 5.41) is 10.6. The topological polar surface area (TPSA) is 72.6 Å². The Kier molecular flexibility index (Phi) is 4.10. The second-order valence-corrected chi connectivity index (χ2v) is 4.84. The highest BCUT2D eigenvalue weighted by Crippen LogP contribution is 2.19. The van der Waals surface area contributed by atoms with Crippen LogP contribution in [0.3, 0.4) is 0 Å². The van der Waals surface area contributed by atoms with Gasteiger partial charge in [0, 0.05) is 11.6 Å². The number of aliphatic hydroxyl groups excluding tert-OH is 1. The van der Waals surface area contributed by atoms with Crippen LogP contribution in [0.15, 0.2) is 57.7 Å². The van der Waals surface area contributed by atoms with Crippen LogP contribution in [0.25, 0.3) is 22.7 Å². The lowest BCUT2D eigenvalue weighted by atomic mass is 10.1. The summed E-state index contributed by atoms with van der Waals surface area (Å²) in [5.41, 5.74) is 0.613. The molecule has 2 aromatic carbocycles. The van der Waals surface area contributed by atoms with Crippen LogP contribution in [0.4, 0.5) is 0 Å². The zero-order valence-electron chi connectivity index (χ0n) is 12.5. The number of ether oxygens (including phenoxy) is 1. The molecule has 0 spiro atoms. The standard InChI is InChI=1S/C18H15NO4/c1-2-22-13-9-7-12(8-10-13)16(20)11-17-19-15-6-4-3-5-14(15)18(21)23-17/h3-11,20H,2H2,1H3/b16-11-. The van der Waals surface area contributed by atoms with Gasteiger partial charge in [-0.2, -0.15) is 0 Å². The first-order valence-corrected chi connectivity index (χ1v) is 7.21. The molecule has 3 aromatic rings. The highest BCUT2D eigenvalue weighted by atomic mass is 16.5. The Morgan fingerprint density at radius 3 is 2.70 bits per heavy atom. The minimum absolute atomic E-state index is 0.0426. The molecule has 0 saturated carbocycles. The number of nitrogens with zero attached hydrogens (tertiary/aromatic N) is 1. The summed E-state index contributed by atoms with van der Waals surface area (Å²) in [6, 6.07) is 13.8. The summed E-state index contributed by atoms with van der Waals surface area (Å²) >= 11 is 0.